The number of anilines is 1. The summed E-state index contributed by atoms with van der Waals surface area (Å²) in [5, 5.41) is 13.2. The molecule has 218 valence electrons. The lowest BCUT2D eigenvalue weighted by Gasteiger charge is -2.30. The molecule has 0 saturated carbocycles. The van der Waals surface area contributed by atoms with Crippen molar-refractivity contribution in [3.63, 3.8) is 0 Å². The van der Waals surface area contributed by atoms with Crippen LogP contribution in [0.15, 0.2) is 24.3 Å². The largest absolute Gasteiger partial charge is 0.469 e. The van der Waals surface area contributed by atoms with Crippen molar-refractivity contribution in [2.24, 2.45) is 0 Å². The summed E-state index contributed by atoms with van der Waals surface area (Å²) < 4.78 is 72.0. The molecule has 0 aliphatic carbocycles. The van der Waals surface area contributed by atoms with Gasteiger partial charge in [-0.15, -0.1) is 11.3 Å². The second-order valence-corrected chi connectivity index (χ2v) is 12.1. The molecule has 2 aromatic heterocycles. The van der Waals surface area contributed by atoms with Crippen LogP contribution >= 0.6 is 11.3 Å². The van der Waals surface area contributed by atoms with Crippen molar-refractivity contribution in [1.82, 2.24) is 20.2 Å². The number of nitrogens with two attached hydrogens (primary N) is 1. The van der Waals surface area contributed by atoms with Gasteiger partial charge in [-0.05, 0) is 37.1 Å². The summed E-state index contributed by atoms with van der Waals surface area (Å²) in [6, 6.07) is 7.41. The molecule has 42 heavy (non-hydrogen) atoms. The molecule has 3 saturated heterocycles. The Morgan fingerprint density at radius 1 is 1.17 bits per heavy atom. The lowest BCUT2D eigenvalue weighted by Crippen LogP contribution is -2.43. The molecular weight excluding hydrogens is 572 g/mol. The van der Waals surface area contributed by atoms with Gasteiger partial charge in [-0.25, -0.2) is 17.6 Å². The molecule has 4 atom stereocenters. The lowest BCUT2D eigenvalue weighted by atomic mass is 9.95. The Morgan fingerprint density at radius 2 is 2.00 bits per heavy atom. The van der Waals surface area contributed by atoms with E-state index >= 15 is 4.39 Å². The first kappa shape index (κ1) is 27.1. The number of nitrogens with zero attached hydrogens (tertiary/aromatic N) is 4. The number of benzene rings is 2. The summed E-state index contributed by atoms with van der Waals surface area (Å²) in [5.74, 6) is -1.40. The number of halogens is 4. The predicted octanol–water partition coefficient (Wildman–Crippen LogP) is 4.89. The first-order chi connectivity index (χ1) is 20.3. The van der Waals surface area contributed by atoms with E-state index in [2.05, 4.69) is 20.2 Å². The smallest absolute Gasteiger partial charge is 0.320 e. The maximum absolute atomic E-state index is 16.4. The van der Waals surface area contributed by atoms with Crippen LogP contribution < -0.4 is 20.5 Å². The van der Waals surface area contributed by atoms with Gasteiger partial charge in [0.05, 0.1) is 21.2 Å². The van der Waals surface area contributed by atoms with E-state index < -0.39 is 35.6 Å². The van der Waals surface area contributed by atoms with Gasteiger partial charge in [0.2, 0.25) is 5.88 Å². The Kier molecular flexibility index (Phi) is 6.60. The predicted molar refractivity (Wildman–Crippen MR) is 150 cm³/mol. The minimum Gasteiger partial charge on any atom is -0.469 e. The molecule has 5 heterocycles. The Morgan fingerprint density at radius 3 is 2.79 bits per heavy atom. The molecule has 0 bridgehead atoms. The van der Waals surface area contributed by atoms with Crippen molar-refractivity contribution < 1.29 is 27.0 Å². The quantitative estimate of drug-likeness (QED) is 0.302. The van der Waals surface area contributed by atoms with E-state index in [0.717, 1.165) is 30.7 Å². The van der Waals surface area contributed by atoms with Crippen molar-refractivity contribution in [2.75, 3.05) is 38.5 Å². The topological polar surface area (TPSA) is 109 Å². The summed E-state index contributed by atoms with van der Waals surface area (Å²) in [6.45, 7) is 1.57. The zero-order valence-electron chi connectivity index (χ0n) is 22.3. The number of hydrogen-bond donors (Lipinski definition) is 2. The summed E-state index contributed by atoms with van der Waals surface area (Å²) in [6.07, 6.45) is -1.11. The second-order valence-electron chi connectivity index (χ2n) is 11.1. The van der Waals surface area contributed by atoms with Gasteiger partial charge in [0.15, 0.2) is 12.0 Å². The van der Waals surface area contributed by atoms with Crippen LogP contribution in [0.3, 0.4) is 0 Å². The fourth-order valence-corrected chi connectivity index (χ4v) is 7.48. The van der Waals surface area contributed by atoms with Crippen molar-refractivity contribution in [1.29, 1.82) is 5.26 Å². The van der Waals surface area contributed by atoms with Crippen molar-refractivity contribution in [3.05, 3.63) is 41.5 Å². The first-order valence-electron chi connectivity index (χ1n) is 13.7. The van der Waals surface area contributed by atoms with Crippen molar-refractivity contribution in [3.8, 4) is 29.1 Å². The van der Waals surface area contributed by atoms with Gasteiger partial charge >= 0.3 is 6.01 Å². The van der Waals surface area contributed by atoms with Crippen molar-refractivity contribution in [2.45, 2.75) is 43.2 Å². The summed E-state index contributed by atoms with van der Waals surface area (Å²) in [7, 11) is 0. The highest BCUT2D eigenvalue weighted by atomic mass is 32.1. The fraction of sp³-hybridized carbons (Fsp3) is 0.414. The first-order valence-corrected chi connectivity index (χ1v) is 14.5. The number of aromatic nitrogens is 2. The normalized spacial score (nSPS) is 25.7. The second kappa shape index (κ2) is 10.2. The van der Waals surface area contributed by atoms with Crippen LogP contribution in [0.1, 0.15) is 24.8 Å². The number of alkyl halides is 2. The Bertz CT molecular complexity index is 1760. The number of nitriles is 1. The number of nitrogen functional groups attached to an aromatic ring is 1. The Hall–Kier alpha value is -3.73. The number of ether oxygens (including phenoxy) is 2. The Labute approximate surface area is 242 Å². The van der Waals surface area contributed by atoms with E-state index in [4.69, 9.17) is 15.2 Å². The van der Waals surface area contributed by atoms with Gasteiger partial charge < -0.3 is 20.5 Å². The average molecular weight is 599 g/mol. The minimum absolute atomic E-state index is 0.0471. The molecular formula is C29H26F4N6O2S. The third kappa shape index (κ3) is 4.31. The standard InChI is InChI=1S/C29H26F4N6O2S/c30-14-8-29(6-1-7-39(29)12-14)13-40-28-37-24-17(27(38-28)41-21-11-36-10-20(21)32)3-2-16(23(24)33)15-4-5-19(31)25-22(15)18(9-34)26(35)42-25/h2-5,14,20-21,36H,1,6-8,10-13,35H2/t14-,20+,21+,29+/m1/s1. The number of fused-ring (bicyclic) bond motifs is 3. The van der Waals surface area contributed by atoms with Gasteiger partial charge in [-0.1, -0.05) is 12.1 Å². The molecule has 0 spiro atoms. The summed E-state index contributed by atoms with van der Waals surface area (Å²) >= 11 is 0.917. The lowest BCUT2D eigenvalue weighted by molar-refractivity contribution is 0.104. The molecule has 13 heteroatoms. The van der Waals surface area contributed by atoms with E-state index in [1.165, 1.54) is 18.2 Å². The van der Waals surface area contributed by atoms with E-state index in [9.17, 15) is 18.4 Å². The monoisotopic (exact) mass is 598 g/mol. The molecule has 3 aliphatic heterocycles. The molecule has 0 radical (unpaired) electrons. The molecule has 8 nitrogen and oxygen atoms in total. The minimum atomic E-state index is -1.30. The fourth-order valence-electron chi connectivity index (χ4n) is 6.53. The van der Waals surface area contributed by atoms with Gasteiger partial charge in [0, 0.05) is 37.0 Å². The van der Waals surface area contributed by atoms with Crippen LogP contribution in [0.4, 0.5) is 22.6 Å². The molecule has 2 aromatic carbocycles. The van der Waals surface area contributed by atoms with E-state index in [1.807, 2.05) is 6.07 Å². The number of rotatable bonds is 6. The van der Waals surface area contributed by atoms with Gasteiger partial charge in [-0.3, -0.25) is 4.90 Å². The van der Waals surface area contributed by atoms with Crippen LogP contribution in [0, 0.1) is 23.0 Å². The van der Waals surface area contributed by atoms with Gasteiger partial charge in [0.25, 0.3) is 0 Å². The highest BCUT2D eigenvalue weighted by molar-refractivity contribution is 7.23. The maximum Gasteiger partial charge on any atom is 0.320 e. The van der Waals surface area contributed by atoms with Gasteiger partial charge in [0.1, 0.15) is 41.3 Å². The molecule has 3 fully saturated rings. The Balaban J connectivity index is 1.34. The summed E-state index contributed by atoms with van der Waals surface area (Å²) in [4.78, 5) is 10.8. The third-order valence-electron chi connectivity index (χ3n) is 8.55. The van der Waals surface area contributed by atoms with Gasteiger partial charge in [-0.2, -0.15) is 15.2 Å². The zero-order chi connectivity index (χ0) is 29.2. The van der Waals surface area contributed by atoms with E-state index in [1.54, 1.807) is 6.07 Å². The molecule has 3 aliphatic rings. The SMILES string of the molecule is N#Cc1c(N)sc2c(F)ccc(-c3ccc4c(O[C@H]5CNC[C@@H]5F)nc(OC[C@@]56CCCN5C[C@H](F)C6)nc4c3F)c12. The molecule has 0 unspecified atom stereocenters. The van der Waals surface area contributed by atoms with Crippen LogP contribution in [0.25, 0.3) is 32.1 Å². The van der Waals surface area contributed by atoms with Crippen molar-refractivity contribution >= 4 is 37.3 Å². The number of thiophene rings is 1. The van der Waals surface area contributed by atoms with Crippen LogP contribution in [-0.2, 0) is 0 Å². The zero-order valence-corrected chi connectivity index (χ0v) is 23.1. The molecule has 4 aromatic rings. The molecule has 3 N–H and O–H groups in total. The van der Waals surface area contributed by atoms with Crippen LogP contribution in [0.2, 0.25) is 0 Å². The van der Waals surface area contributed by atoms with Crippen LogP contribution in [-0.4, -0.2) is 71.6 Å². The highest BCUT2D eigenvalue weighted by Crippen LogP contribution is 2.44. The highest BCUT2D eigenvalue weighted by Gasteiger charge is 2.49. The van der Waals surface area contributed by atoms with E-state index in [0.29, 0.717) is 13.0 Å². The van der Waals surface area contributed by atoms with E-state index in [-0.39, 0.29) is 74.3 Å². The van der Waals surface area contributed by atoms with Crippen LogP contribution in [0.5, 0.6) is 11.9 Å². The summed E-state index contributed by atoms with van der Waals surface area (Å²) in [5.41, 5.74) is 5.72. The number of hydrogen-bond acceptors (Lipinski definition) is 9. The molecule has 7 rings (SSSR count). The number of nitrogens with one attached hydrogen (secondary N) is 1. The molecule has 0 amide bonds. The average Bonchev–Trinajstić information content (AvgIpc) is 3.71. The maximum atomic E-state index is 16.4. The third-order valence-corrected chi connectivity index (χ3v) is 9.58.